The Kier molecular flexibility index (Phi) is 4.28. The van der Waals surface area contributed by atoms with Crippen LogP contribution in [0.3, 0.4) is 0 Å². The largest absolute Gasteiger partial charge is 1.00 e. The number of benzene rings is 1. The zero-order valence-electron chi connectivity index (χ0n) is 6.00. The van der Waals surface area contributed by atoms with Crippen molar-refractivity contribution in [3.63, 3.8) is 0 Å². The first kappa shape index (κ1) is 10.6. The van der Waals surface area contributed by atoms with E-state index in [4.69, 9.17) is 11.6 Å². The molecule has 0 spiro atoms. The molecule has 0 saturated heterocycles. The van der Waals surface area contributed by atoms with Gasteiger partial charge in [0.2, 0.25) is 0 Å². The fourth-order valence-electron chi connectivity index (χ4n) is 0.586. The second kappa shape index (κ2) is 4.45. The first-order valence-electron chi connectivity index (χ1n) is 2.67. The van der Waals surface area contributed by atoms with Crippen molar-refractivity contribution < 1.29 is 28.8 Å². The van der Waals surface area contributed by atoms with Gasteiger partial charge in [-0.25, -0.2) is 0 Å². The predicted molar refractivity (Wildman–Crippen MR) is 35.8 cm³/mol. The van der Waals surface area contributed by atoms with Crippen molar-refractivity contribution in [1.29, 1.82) is 0 Å². The zero-order chi connectivity index (χ0) is 7.56. The van der Waals surface area contributed by atoms with Gasteiger partial charge in [-0.1, -0.05) is 23.7 Å². The van der Waals surface area contributed by atoms with E-state index in [0.717, 1.165) is 0 Å². The van der Waals surface area contributed by atoms with E-state index < -0.39 is 5.97 Å². The summed E-state index contributed by atoms with van der Waals surface area (Å²) in [5.74, 6) is -1.18. The molecule has 0 N–H and O–H groups in total. The molecule has 0 fully saturated rings. The molecule has 0 bridgehead atoms. The Labute approximate surface area is 81.4 Å². The Balaban J connectivity index is 0.000001000. The van der Waals surface area contributed by atoms with Crippen molar-refractivity contribution in [3.05, 3.63) is 34.9 Å². The van der Waals surface area contributed by atoms with Crippen molar-refractivity contribution in [2.45, 2.75) is 0 Å². The van der Waals surface area contributed by atoms with E-state index in [0.29, 0.717) is 5.02 Å². The zero-order valence-corrected chi connectivity index (χ0v) is 6.76. The van der Waals surface area contributed by atoms with E-state index in [1.54, 1.807) is 0 Å². The Morgan fingerprint density at radius 3 is 2.09 bits per heavy atom. The van der Waals surface area contributed by atoms with Crippen LogP contribution in [0.1, 0.15) is 10.4 Å². The maximum Gasteiger partial charge on any atom is 1.00 e. The van der Waals surface area contributed by atoms with E-state index in [1.807, 2.05) is 0 Å². The average Bonchev–Trinajstić information content (AvgIpc) is 1.88. The molecular weight excluding hydrogens is 158 g/mol. The molecule has 0 radical (unpaired) electrons. The van der Waals surface area contributed by atoms with Crippen LogP contribution in [0, 0.1) is 0 Å². The molecule has 52 valence electrons. The molecular formula is C7H4ClLiO2. The molecule has 0 aromatic heterocycles. The summed E-state index contributed by atoms with van der Waals surface area (Å²) < 4.78 is 0. The van der Waals surface area contributed by atoms with Gasteiger partial charge >= 0.3 is 18.9 Å². The number of aromatic carboxylic acids is 1. The molecule has 2 nitrogen and oxygen atoms in total. The van der Waals surface area contributed by atoms with Gasteiger partial charge in [-0.2, -0.15) is 0 Å². The molecule has 4 heteroatoms. The summed E-state index contributed by atoms with van der Waals surface area (Å²) in [6, 6.07) is 5.81. The van der Waals surface area contributed by atoms with Crippen LogP contribution in [0.5, 0.6) is 0 Å². The van der Waals surface area contributed by atoms with E-state index in [-0.39, 0.29) is 24.4 Å². The van der Waals surface area contributed by atoms with Crippen LogP contribution >= 0.6 is 11.6 Å². The molecule has 0 aliphatic carbocycles. The van der Waals surface area contributed by atoms with E-state index in [9.17, 15) is 9.90 Å². The third-order valence-corrected chi connectivity index (χ3v) is 1.33. The Morgan fingerprint density at radius 1 is 1.27 bits per heavy atom. The normalized spacial score (nSPS) is 8.45. The fraction of sp³-hybridized carbons (Fsp3) is 0. The number of hydrogen-bond acceptors (Lipinski definition) is 2. The minimum absolute atomic E-state index is 0. The van der Waals surface area contributed by atoms with Gasteiger partial charge in [-0.3, -0.25) is 0 Å². The minimum Gasteiger partial charge on any atom is -0.545 e. The third kappa shape index (κ3) is 2.98. The second-order valence-corrected chi connectivity index (χ2v) is 2.23. The molecule has 0 saturated carbocycles. The summed E-state index contributed by atoms with van der Waals surface area (Å²) in [5, 5.41) is 10.7. The van der Waals surface area contributed by atoms with Gasteiger partial charge in [-0.15, -0.1) is 0 Å². The smallest absolute Gasteiger partial charge is 0.545 e. The SMILES string of the molecule is O=C([O-])c1ccc(Cl)cc1.[Li+]. The van der Waals surface area contributed by atoms with Gasteiger partial charge in [0.15, 0.2) is 0 Å². The van der Waals surface area contributed by atoms with Crippen molar-refractivity contribution >= 4 is 17.6 Å². The molecule has 0 heterocycles. The van der Waals surface area contributed by atoms with E-state index in [2.05, 4.69) is 0 Å². The second-order valence-electron chi connectivity index (χ2n) is 1.79. The summed E-state index contributed by atoms with van der Waals surface area (Å²) in [6.45, 7) is 0. The number of carboxylic acids is 1. The number of hydrogen-bond donors (Lipinski definition) is 0. The molecule has 1 aromatic rings. The molecule has 11 heavy (non-hydrogen) atoms. The van der Waals surface area contributed by atoms with Gasteiger partial charge in [0.25, 0.3) is 0 Å². The Morgan fingerprint density at radius 2 is 1.73 bits per heavy atom. The summed E-state index contributed by atoms with van der Waals surface area (Å²) in [7, 11) is 0. The number of rotatable bonds is 1. The third-order valence-electron chi connectivity index (χ3n) is 1.08. The van der Waals surface area contributed by atoms with Gasteiger partial charge in [0.05, 0.1) is 5.97 Å². The van der Waals surface area contributed by atoms with E-state index >= 15 is 0 Å². The Hall–Kier alpha value is -0.423. The van der Waals surface area contributed by atoms with Gasteiger partial charge in [-0.05, 0) is 17.7 Å². The molecule has 1 aromatic carbocycles. The van der Waals surface area contributed by atoms with Crippen LogP contribution < -0.4 is 24.0 Å². The molecule has 0 amide bonds. The average molecular weight is 163 g/mol. The van der Waals surface area contributed by atoms with Crippen LogP contribution in [0.25, 0.3) is 0 Å². The van der Waals surface area contributed by atoms with Crippen molar-refractivity contribution in [2.24, 2.45) is 0 Å². The molecule has 0 unspecified atom stereocenters. The maximum atomic E-state index is 10.2. The maximum absolute atomic E-state index is 10.2. The van der Waals surface area contributed by atoms with Crippen molar-refractivity contribution in [3.8, 4) is 0 Å². The number of carbonyl (C=O) groups is 1. The quantitative estimate of drug-likeness (QED) is 0.436. The van der Waals surface area contributed by atoms with Crippen molar-refractivity contribution in [1.82, 2.24) is 0 Å². The topological polar surface area (TPSA) is 40.1 Å². The van der Waals surface area contributed by atoms with E-state index in [1.165, 1.54) is 24.3 Å². The minimum atomic E-state index is -1.18. The van der Waals surface area contributed by atoms with Gasteiger partial charge < -0.3 is 9.90 Å². The molecule has 0 aliphatic rings. The number of carboxylic acid groups (broad SMARTS) is 1. The van der Waals surface area contributed by atoms with Crippen LogP contribution in [0.15, 0.2) is 24.3 Å². The molecule has 1 rings (SSSR count). The summed E-state index contributed by atoms with van der Waals surface area (Å²) in [6.07, 6.45) is 0. The molecule has 0 atom stereocenters. The van der Waals surface area contributed by atoms with Crippen LogP contribution in [0.2, 0.25) is 5.02 Å². The number of carbonyl (C=O) groups excluding carboxylic acids is 1. The predicted octanol–water partition coefficient (Wildman–Crippen LogP) is -2.29. The van der Waals surface area contributed by atoms with Crippen LogP contribution in [-0.2, 0) is 0 Å². The monoisotopic (exact) mass is 162 g/mol. The molecule has 0 aliphatic heterocycles. The van der Waals surface area contributed by atoms with Crippen LogP contribution in [-0.4, -0.2) is 5.97 Å². The first-order chi connectivity index (χ1) is 4.70. The van der Waals surface area contributed by atoms with Crippen molar-refractivity contribution in [2.75, 3.05) is 0 Å². The fourth-order valence-corrected chi connectivity index (χ4v) is 0.712. The summed E-state index contributed by atoms with van der Waals surface area (Å²) in [5.41, 5.74) is 0.143. The standard InChI is InChI=1S/C7H5ClO2.Li/c8-6-3-1-5(2-4-6)7(9)10;/h1-4H,(H,9,10);/q;+1/p-1. The summed E-state index contributed by atoms with van der Waals surface area (Å²) >= 11 is 5.50. The van der Waals surface area contributed by atoms with Gasteiger partial charge in [0, 0.05) is 5.02 Å². The van der Waals surface area contributed by atoms with Gasteiger partial charge in [0.1, 0.15) is 0 Å². The Bertz CT molecular complexity index is 245. The summed E-state index contributed by atoms with van der Waals surface area (Å²) in [4.78, 5) is 10.2. The van der Waals surface area contributed by atoms with Crippen LogP contribution in [0.4, 0.5) is 0 Å². The first-order valence-corrected chi connectivity index (χ1v) is 3.05. The number of halogens is 1.